The van der Waals surface area contributed by atoms with Crippen LogP contribution >= 0.6 is 0 Å². The number of pyridine rings is 1. The molecule has 0 saturated heterocycles. The van der Waals surface area contributed by atoms with Gasteiger partial charge in [-0.1, -0.05) is 19.9 Å². The molecule has 6 heteroatoms. The molecule has 0 fully saturated rings. The van der Waals surface area contributed by atoms with E-state index in [0.717, 1.165) is 18.7 Å². The van der Waals surface area contributed by atoms with E-state index in [1.807, 2.05) is 13.0 Å². The number of unbranched alkanes of at least 4 members (excludes halogenated alkanes) is 1. The van der Waals surface area contributed by atoms with Gasteiger partial charge in [-0.05, 0) is 38.4 Å². The SMILES string of the molecule is Cc1cccc(NS(=O)(=O)CCCCNC(C)C)n1. The standard InChI is InChI=1S/C13H23N3O2S/c1-11(2)14-9-4-5-10-19(17,18)16-13-8-6-7-12(3)15-13/h6-8,11,14H,4-5,9-10H2,1-3H3,(H,15,16). The van der Waals surface area contributed by atoms with Crippen LogP contribution in [0, 0.1) is 6.92 Å². The maximum Gasteiger partial charge on any atom is 0.233 e. The smallest absolute Gasteiger partial charge is 0.233 e. The Kier molecular flexibility index (Phi) is 6.24. The fourth-order valence-electron chi connectivity index (χ4n) is 1.62. The van der Waals surface area contributed by atoms with E-state index in [2.05, 4.69) is 28.9 Å². The lowest BCUT2D eigenvalue weighted by Crippen LogP contribution is -2.24. The second-order valence-electron chi connectivity index (χ2n) is 4.90. The summed E-state index contributed by atoms with van der Waals surface area (Å²) in [7, 11) is -3.29. The van der Waals surface area contributed by atoms with Crippen LogP contribution < -0.4 is 10.0 Å². The molecule has 1 rings (SSSR count). The van der Waals surface area contributed by atoms with E-state index in [0.29, 0.717) is 18.3 Å². The molecule has 5 nitrogen and oxygen atoms in total. The maximum absolute atomic E-state index is 11.8. The summed E-state index contributed by atoms with van der Waals surface area (Å²) in [5, 5.41) is 3.26. The number of aromatic nitrogens is 1. The van der Waals surface area contributed by atoms with Gasteiger partial charge < -0.3 is 5.32 Å². The zero-order valence-corrected chi connectivity index (χ0v) is 12.6. The van der Waals surface area contributed by atoms with Crippen molar-refractivity contribution < 1.29 is 8.42 Å². The first-order chi connectivity index (χ1) is 8.89. The number of aryl methyl sites for hydroxylation is 1. The van der Waals surface area contributed by atoms with Gasteiger partial charge in [0, 0.05) is 11.7 Å². The molecule has 19 heavy (non-hydrogen) atoms. The van der Waals surface area contributed by atoms with Crippen molar-refractivity contribution in [3.8, 4) is 0 Å². The second kappa shape index (κ2) is 7.45. The molecule has 1 aromatic heterocycles. The maximum atomic E-state index is 11.8. The fourth-order valence-corrected chi connectivity index (χ4v) is 2.74. The number of sulfonamides is 1. The van der Waals surface area contributed by atoms with Gasteiger partial charge in [-0.3, -0.25) is 4.72 Å². The minimum absolute atomic E-state index is 0.127. The zero-order chi connectivity index (χ0) is 14.3. The fraction of sp³-hybridized carbons (Fsp3) is 0.615. The Morgan fingerprint density at radius 3 is 2.63 bits per heavy atom. The van der Waals surface area contributed by atoms with Crippen molar-refractivity contribution in [3.63, 3.8) is 0 Å². The van der Waals surface area contributed by atoms with Crippen LogP contribution in [0.4, 0.5) is 5.82 Å². The molecule has 1 aromatic rings. The van der Waals surface area contributed by atoms with Gasteiger partial charge in [0.15, 0.2) is 0 Å². The van der Waals surface area contributed by atoms with Crippen molar-refractivity contribution in [1.82, 2.24) is 10.3 Å². The summed E-state index contributed by atoms with van der Waals surface area (Å²) in [4.78, 5) is 4.12. The molecule has 108 valence electrons. The Morgan fingerprint density at radius 2 is 2.00 bits per heavy atom. The van der Waals surface area contributed by atoms with Crippen LogP contribution in [0.5, 0.6) is 0 Å². The van der Waals surface area contributed by atoms with Crippen LogP contribution in [0.2, 0.25) is 0 Å². The number of hydrogen-bond donors (Lipinski definition) is 2. The Labute approximate surface area is 115 Å². The van der Waals surface area contributed by atoms with Gasteiger partial charge in [0.05, 0.1) is 5.75 Å². The van der Waals surface area contributed by atoms with Crippen LogP contribution in [0.25, 0.3) is 0 Å². The van der Waals surface area contributed by atoms with Crippen molar-refractivity contribution in [1.29, 1.82) is 0 Å². The molecular weight excluding hydrogens is 262 g/mol. The Bertz CT molecular complexity index is 486. The van der Waals surface area contributed by atoms with E-state index in [4.69, 9.17) is 0 Å². The van der Waals surface area contributed by atoms with E-state index in [-0.39, 0.29) is 5.75 Å². The van der Waals surface area contributed by atoms with Crippen molar-refractivity contribution in [2.24, 2.45) is 0 Å². The average molecular weight is 285 g/mol. The van der Waals surface area contributed by atoms with Crippen LogP contribution in [0.3, 0.4) is 0 Å². The van der Waals surface area contributed by atoms with Crippen LogP contribution in [0.15, 0.2) is 18.2 Å². The molecular formula is C13H23N3O2S. The van der Waals surface area contributed by atoms with Crippen molar-refractivity contribution in [2.45, 2.75) is 39.7 Å². The van der Waals surface area contributed by atoms with E-state index in [1.54, 1.807) is 12.1 Å². The first-order valence-electron chi connectivity index (χ1n) is 6.56. The summed E-state index contributed by atoms with van der Waals surface area (Å²) in [6, 6.07) is 5.71. The Hall–Kier alpha value is -1.14. The number of nitrogens with zero attached hydrogens (tertiary/aromatic N) is 1. The van der Waals surface area contributed by atoms with E-state index < -0.39 is 10.0 Å². The van der Waals surface area contributed by atoms with Gasteiger partial charge in [0.2, 0.25) is 10.0 Å². The lowest BCUT2D eigenvalue weighted by atomic mass is 10.3. The molecule has 0 aromatic carbocycles. The van der Waals surface area contributed by atoms with E-state index in [1.165, 1.54) is 0 Å². The molecule has 0 saturated carbocycles. The minimum atomic E-state index is -3.29. The van der Waals surface area contributed by atoms with Gasteiger partial charge in [0.25, 0.3) is 0 Å². The van der Waals surface area contributed by atoms with E-state index in [9.17, 15) is 8.42 Å². The van der Waals surface area contributed by atoms with Gasteiger partial charge >= 0.3 is 0 Å². The molecule has 0 aliphatic carbocycles. The molecule has 0 aliphatic rings. The highest BCUT2D eigenvalue weighted by Crippen LogP contribution is 2.07. The number of anilines is 1. The highest BCUT2D eigenvalue weighted by atomic mass is 32.2. The predicted octanol–water partition coefficient (Wildman–Crippen LogP) is 1.91. The molecule has 0 bridgehead atoms. The third-order valence-electron chi connectivity index (χ3n) is 2.54. The van der Waals surface area contributed by atoms with Gasteiger partial charge in [-0.25, -0.2) is 13.4 Å². The van der Waals surface area contributed by atoms with Gasteiger partial charge in [-0.2, -0.15) is 0 Å². The van der Waals surface area contributed by atoms with Crippen LogP contribution in [0.1, 0.15) is 32.4 Å². The largest absolute Gasteiger partial charge is 0.315 e. The number of nitrogens with one attached hydrogen (secondary N) is 2. The average Bonchev–Trinajstić information content (AvgIpc) is 2.27. The minimum Gasteiger partial charge on any atom is -0.315 e. The molecule has 1 heterocycles. The lowest BCUT2D eigenvalue weighted by molar-refractivity contribution is 0.561. The molecule has 0 aliphatic heterocycles. The third kappa shape index (κ3) is 7.12. The predicted molar refractivity (Wildman–Crippen MR) is 78.8 cm³/mol. The highest BCUT2D eigenvalue weighted by molar-refractivity contribution is 7.92. The molecule has 0 unspecified atom stereocenters. The van der Waals surface area contributed by atoms with E-state index >= 15 is 0 Å². The first-order valence-corrected chi connectivity index (χ1v) is 8.22. The van der Waals surface area contributed by atoms with Crippen molar-refractivity contribution in [3.05, 3.63) is 23.9 Å². The van der Waals surface area contributed by atoms with Crippen LogP contribution in [-0.4, -0.2) is 31.7 Å². The lowest BCUT2D eigenvalue weighted by Gasteiger charge is -2.09. The molecule has 0 atom stereocenters. The van der Waals surface area contributed by atoms with Crippen molar-refractivity contribution >= 4 is 15.8 Å². The topological polar surface area (TPSA) is 71.1 Å². The summed E-state index contributed by atoms with van der Waals surface area (Å²) in [6.45, 7) is 6.81. The Morgan fingerprint density at radius 1 is 1.26 bits per heavy atom. The summed E-state index contributed by atoms with van der Waals surface area (Å²) >= 11 is 0. The summed E-state index contributed by atoms with van der Waals surface area (Å²) in [5.74, 6) is 0.517. The molecule has 0 radical (unpaired) electrons. The molecule has 0 spiro atoms. The summed E-state index contributed by atoms with van der Waals surface area (Å²) in [5.41, 5.74) is 0.793. The number of hydrogen-bond acceptors (Lipinski definition) is 4. The van der Waals surface area contributed by atoms with Gasteiger partial charge in [0.1, 0.15) is 5.82 Å². The normalized spacial score (nSPS) is 11.8. The molecule has 2 N–H and O–H groups in total. The molecule has 0 amide bonds. The number of rotatable bonds is 8. The van der Waals surface area contributed by atoms with Crippen LogP contribution in [-0.2, 0) is 10.0 Å². The summed E-state index contributed by atoms with van der Waals surface area (Å²) in [6.07, 6.45) is 1.49. The highest BCUT2D eigenvalue weighted by Gasteiger charge is 2.10. The third-order valence-corrected chi connectivity index (χ3v) is 3.89. The second-order valence-corrected chi connectivity index (χ2v) is 6.74. The first kappa shape index (κ1) is 15.9. The monoisotopic (exact) mass is 285 g/mol. The summed E-state index contributed by atoms with van der Waals surface area (Å²) < 4.78 is 26.2. The van der Waals surface area contributed by atoms with Gasteiger partial charge in [-0.15, -0.1) is 0 Å². The quantitative estimate of drug-likeness (QED) is 0.716. The zero-order valence-electron chi connectivity index (χ0n) is 11.8. The Balaban J connectivity index is 2.36. The van der Waals surface area contributed by atoms with Crippen molar-refractivity contribution in [2.75, 3.05) is 17.0 Å².